The quantitative estimate of drug-likeness (QED) is 0.552. The first kappa shape index (κ1) is 13.2. The van der Waals surface area contributed by atoms with Crippen LogP contribution in [-0.4, -0.2) is 4.98 Å². The number of halogens is 1. The smallest absolute Gasteiger partial charge is 0.0809 e. The molecule has 0 aliphatic rings. The Morgan fingerprint density at radius 3 is 3.00 bits per heavy atom. The van der Waals surface area contributed by atoms with E-state index in [0.717, 1.165) is 21.3 Å². The molecule has 3 rings (SSSR count). The summed E-state index contributed by atoms with van der Waals surface area (Å²) in [6, 6.07) is 8.47. The van der Waals surface area contributed by atoms with E-state index in [9.17, 15) is 0 Å². The van der Waals surface area contributed by atoms with Crippen molar-refractivity contribution in [2.24, 2.45) is 5.84 Å². The minimum absolute atomic E-state index is 0.0875. The fraction of sp³-hybridized carbons (Fsp3) is 0.154. The molecule has 19 heavy (non-hydrogen) atoms. The van der Waals surface area contributed by atoms with E-state index in [1.54, 1.807) is 22.7 Å². The van der Waals surface area contributed by atoms with E-state index in [-0.39, 0.29) is 6.04 Å². The van der Waals surface area contributed by atoms with Crippen LogP contribution in [0.3, 0.4) is 0 Å². The highest BCUT2D eigenvalue weighted by Crippen LogP contribution is 2.28. The van der Waals surface area contributed by atoms with E-state index in [1.807, 2.05) is 12.3 Å². The summed E-state index contributed by atoms with van der Waals surface area (Å²) in [6.07, 6.45) is 2.77. The third-order valence-electron chi connectivity index (χ3n) is 2.96. The first-order valence-electron chi connectivity index (χ1n) is 5.80. The second-order valence-corrected chi connectivity index (χ2v) is 7.70. The average Bonchev–Trinajstić information content (AvgIpc) is 3.03. The van der Waals surface area contributed by atoms with Crippen molar-refractivity contribution in [2.75, 3.05) is 0 Å². The molecule has 6 heteroatoms. The van der Waals surface area contributed by atoms with Crippen LogP contribution in [0.15, 0.2) is 39.6 Å². The average molecular weight is 354 g/mol. The molecule has 0 amide bonds. The molecule has 0 aliphatic carbocycles. The minimum Gasteiger partial charge on any atom is -0.271 e. The first-order chi connectivity index (χ1) is 9.26. The maximum absolute atomic E-state index is 5.70. The summed E-state index contributed by atoms with van der Waals surface area (Å²) in [4.78, 5) is 5.76. The van der Waals surface area contributed by atoms with Gasteiger partial charge in [0.25, 0.3) is 0 Å². The number of nitrogens with two attached hydrogens (primary N) is 1. The number of nitrogens with one attached hydrogen (secondary N) is 1. The minimum atomic E-state index is 0.0875. The van der Waals surface area contributed by atoms with Crippen molar-refractivity contribution < 1.29 is 0 Å². The molecule has 98 valence electrons. The lowest BCUT2D eigenvalue weighted by molar-refractivity contribution is 0.555. The van der Waals surface area contributed by atoms with E-state index in [4.69, 9.17) is 5.84 Å². The summed E-state index contributed by atoms with van der Waals surface area (Å²) < 4.78 is 2.34. The van der Waals surface area contributed by atoms with Crippen molar-refractivity contribution in [3.8, 4) is 0 Å². The largest absolute Gasteiger partial charge is 0.271 e. The lowest BCUT2D eigenvalue weighted by Crippen LogP contribution is -2.29. The van der Waals surface area contributed by atoms with Crippen molar-refractivity contribution in [1.29, 1.82) is 0 Å². The molecule has 3 aromatic heterocycles. The van der Waals surface area contributed by atoms with E-state index in [0.29, 0.717) is 0 Å². The lowest BCUT2D eigenvalue weighted by atomic mass is 10.1. The van der Waals surface area contributed by atoms with Crippen molar-refractivity contribution in [1.82, 2.24) is 10.4 Å². The number of hydrogen-bond donors (Lipinski definition) is 2. The van der Waals surface area contributed by atoms with Crippen molar-refractivity contribution in [3.63, 3.8) is 0 Å². The summed E-state index contributed by atoms with van der Waals surface area (Å²) in [7, 11) is 0. The Labute approximate surface area is 127 Å². The van der Waals surface area contributed by atoms with Crippen LogP contribution in [0.25, 0.3) is 10.2 Å². The molecule has 0 aromatic carbocycles. The Morgan fingerprint density at radius 2 is 2.26 bits per heavy atom. The van der Waals surface area contributed by atoms with Gasteiger partial charge in [-0.25, -0.2) is 0 Å². The molecule has 0 fully saturated rings. The summed E-state index contributed by atoms with van der Waals surface area (Å²) in [5.74, 6) is 5.70. The van der Waals surface area contributed by atoms with Gasteiger partial charge in [-0.05, 0) is 51.1 Å². The van der Waals surface area contributed by atoms with E-state index in [2.05, 4.69) is 49.9 Å². The Hall–Kier alpha value is -0.790. The second kappa shape index (κ2) is 5.68. The van der Waals surface area contributed by atoms with Gasteiger partial charge >= 0.3 is 0 Å². The van der Waals surface area contributed by atoms with Gasteiger partial charge < -0.3 is 0 Å². The molecule has 1 atom stereocenters. The standard InChI is InChI=1S/C13H12BrN3S2/c14-13-2-1-9(19-13)6-11(17-15)8-5-12-10(16-7-8)3-4-18-12/h1-5,7,11,17H,6,15H2. The van der Waals surface area contributed by atoms with E-state index >= 15 is 0 Å². The molecule has 1 unspecified atom stereocenters. The molecule has 0 saturated heterocycles. The molecule has 3 heterocycles. The zero-order valence-corrected chi connectivity index (χ0v) is 13.2. The van der Waals surface area contributed by atoms with Crippen molar-refractivity contribution >= 4 is 48.8 Å². The van der Waals surface area contributed by atoms with Crippen molar-refractivity contribution in [3.05, 3.63) is 50.1 Å². The maximum atomic E-state index is 5.70. The Morgan fingerprint density at radius 1 is 1.37 bits per heavy atom. The molecule has 3 aromatic rings. The highest BCUT2D eigenvalue weighted by atomic mass is 79.9. The maximum Gasteiger partial charge on any atom is 0.0809 e. The molecule has 0 saturated carbocycles. The van der Waals surface area contributed by atoms with Crippen LogP contribution in [0.4, 0.5) is 0 Å². The molecular formula is C13H12BrN3S2. The lowest BCUT2D eigenvalue weighted by Gasteiger charge is -2.15. The number of thiophene rings is 2. The summed E-state index contributed by atoms with van der Waals surface area (Å²) >= 11 is 6.92. The molecule has 0 radical (unpaired) electrons. The number of aromatic nitrogens is 1. The summed E-state index contributed by atoms with van der Waals surface area (Å²) in [5.41, 5.74) is 5.06. The van der Waals surface area contributed by atoms with Crippen LogP contribution >= 0.6 is 38.6 Å². The van der Waals surface area contributed by atoms with Gasteiger partial charge in [-0.2, -0.15) is 0 Å². The van der Waals surface area contributed by atoms with Gasteiger partial charge in [-0.3, -0.25) is 16.3 Å². The number of nitrogens with zero attached hydrogens (tertiary/aromatic N) is 1. The Balaban J connectivity index is 1.88. The third kappa shape index (κ3) is 2.88. The normalized spacial score (nSPS) is 12.9. The monoisotopic (exact) mass is 353 g/mol. The van der Waals surface area contributed by atoms with Gasteiger partial charge in [0.15, 0.2) is 0 Å². The van der Waals surface area contributed by atoms with Gasteiger partial charge in [-0.1, -0.05) is 0 Å². The number of hydrogen-bond acceptors (Lipinski definition) is 5. The summed E-state index contributed by atoms with van der Waals surface area (Å²) in [5, 5.41) is 2.06. The number of pyridine rings is 1. The van der Waals surface area contributed by atoms with Crippen LogP contribution in [-0.2, 0) is 6.42 Å². The zero-order chi connectivity index (χ0) is 13.2. The fourth-order valence-electron chi connectivity index (χ4n) is 1.99. The second-order valence-electron chi connectivity index (χ2n) is 4.20. The van der Waals surface area contributed by atoms with Crippen LogP contribution in [0, 0.1) is 0 Å². The predicted molar refractivity (Wildman–Crippen MR) is 85.4 cm³/mol. The zero-order valence-electron chi connectivity index (χ0n) is 9.97. The van der Waals surface area contributed by atoms with Gasteiger partial charge in [0.1, 0.15) is 0 Å². The molecule has 0 bridgehead atoms. The molecular weight excluding hydrogens is 342 g/mol. The molecule has 0 aliphatic heterocycles. The van der Waals surface area contributed by atoms with Crippen LogP contribution in [0.1, 0.15) is 16.5 Å². The van der Waals surface area contributed by atoms with Crippen LogP contribution in [0.2, 0.25) is 0 Å². The van der Waals surface area contributed by atoms with Gasteiger partial charge in [-0.15, -0.1) is 22.7 Å². The van der Waals surface area contributed by atoms with Gasteiger partial charge in [0, 0.05) is 17.5 Å². The predicted octanol–water partition coefficient (Wildman–Crippen LogP) is 3.87. The Kier molecular flexibility index (Phi) is 3.95. The number of fused-ring (bicyclic) bond motifs is 1. The number of hydrazine groups is 1. The van der Waals surface area contributed by atoms with Gasteiger partial charge in [0.2, 0.25) is 0 Å². The van der Waals surface area contributed by atoms with Crippen LogP contribution in [0.5, 0.6) is 0 Å². The topological polar surface area (TPSA) is 50.9 Å². The van der Waals surface area contributed by atoms with Gasteiger partial charge in [0.05, 0.1) is 20.0 Å². The molecule has 0 spiro atoms. The number of rotatable bonds is 4. The van der Waals surface area contributed by atoms with Crippen molar-refractivity contribution in [2.45, 2.75) is 12.5 Å². The SMILES string of the molecule is NNC(Cc1ccc(Br)s1)c1cnc2ccsc2c1. The highest BCUT2D eigenvalue weighted by Gasteiger charge is 2.13. The Bertz CT molecular complexity index is 692. The third-order valence-corrected chi connectivity index (χ3v) is 5.46. The van der Waals surface area contributed by atoms with Crippen LogP contribution < -0.4 is 11.3 Å². The fourth-order valence-corrected chi connectivity index (χ4v) is 4.31. The first-order valence-corrected chi connectivity index (χ1v) is 8.28. The molecule has 3 N–H and O–H groups in total. The van der Waals surface area contributed by atoms with E-state index < -0.39 is 0 Å². The highest BCUT2D eigenvalue weighted by molar-refractivity contribution is 9.11. The molecule has 3 nitrogen and oxygen atoms in total. The van der Waals surface area contributed by atoms with E-state index in [1.165, 1.54) is 9.58 Å². The summed E-state index contributed by atoms with van der Waals surface area (Å²) in [6.45, 7) is 0.